The fraction of sp³-hybridized carbons (Fsp3) is 0.692. The molecule has 1 N–H and O–H groups in total. The lowest BCUT2D eigenvalue weighted by Gasteiger charge is -2.17. The highest BCUT2D eigenvalue weighted by Gasteiger charge is 2.40. The average Bonchev–Trinajstić information content (AvgIpc) is 2.84. The van der Waals surface area contributed by atoms with Gasteiger partial charge in [0.1, 0.15) is 11.2 Å². The van der Waals surface area contributed by atoms with E-state index >= 15 is 0 Å². The van der Waals surface area contributed by atoms with Crippen LogP contribution in [0.3, 0.4) is 0 Å². The van der Waals surface area contributed by atoms with Crippen LogP contribution < -0.4 is 5.32 Å². The van der Waals surface area contributed by atoms with Gasteiger partial charge >= 0.3 is 5.97 Å². The van der Waals surface area contributed by atoms with Gasteiger partial charge in [-0.1, -0.05) is 0 Å². The van der Waals surface area contributed by atoms with Crippen LogP contribution in [0.5, 0.6) is 0 Å². The Morgan fingerprint density at radius 2 is 2.22 bits per heavy atom. The number of ether oxygens (including phenoxy) is 2. The molecule has 0 aromatic rings. The third-order valence-corrected chi connectivity index (χ3v) is 3.57. The largest absolute Gasteiger partial charge is 0.451 e. The molecule has 0 spiro atoms. The van der Waals surface area contributed by atoms with E-state index in [4.69, 9.17) is 9.47 Å². The van der Waals surface area contributed by atoms with Crippen molar-refractivity contribution < 1.29 is 19.1 Å². The van der Waals surface area contributed by atoms with E-state index < -0.39 is 11.6 Å². The van der Waals surface area contributed by atoms with E-state index in [0.29, 0.717) is 12.1 Å². The zero-order valence-electron chi connectivity index (χ0n) is 11.0. The van der Waals surface area contributed by atoms with Gasteiger partial charge in [0.25, 0.3) is 5.91 Å². The molecule has 5 nitrogen and oxygen atoms in total. The highest BCUT2D eigenvalue weighted by Crippen LogP contribution is 2.31. The summed E-state index contributed by atoms with van der Waals surface area (Å²) in [4.78, 5) is 23.7. The molecule has 1 unspecified atom stereocenters. The van der Waals surface area contributed by atoms with Crippen molar-refractivity contribution in [2.24, 2.45) is 0 Å². The van der Waals surface area contributed by atoms with E-state index in [9.17, 15) is 9.59 Å². The fourth-order valence-electron chi connectivity index (χ4n) is 2.18. The summed E-state index contributed by atoms with van der Waals surface area (Å²) >= 11 is 0. The van der Waals surface area contributed by atoms with Gasteiger partial charge in [-0.25, -0.2) is 4.79 Å². The average molecular weight is 253 g/mol. The molecule has 2 aliphatic heterocycles. The van der Waals surface area contributed by atoms with Crippen LogP contribution in [0.2, 0.25) is 0 Å². The van der Waals surface area contributed by atoms with Gasteiger partial charge in [0.2, 0.25) is 0 Å². The summed E-state index contributed by atoms with van der Waals surface area (Å²) in [7, 11) is 0. The predicted octanol–water partition coefficient (Wildman–Crippen LogP) is 0.933. The number of carbonyl (C=O) groups is 2. The minimum atomic E-state index is -0.687. The van der Waals surface area contributed by atoms with Gasteiger partial charge in [-0.05, 0) is 39.2 Å². The van der Waals surface area contributed by atoms with Crippen molar-refractivity contribution in [3.8, 4) is 0 Å². The smallest absolute Gasteiger partial charge is 0.344 e. The Balaban J connectivity index is 2.00. The highest BCUT2D eigenvalue weighted by molar-refractivity contribution is 6.18. The molecular formula is C13H19NO4. The van der Waals surface area contributed by atoms with Crippen molar-refractivity contribution in [2.75, 3.05) is 13.2 Å². The Labute approximate surface area is 107 Å². The topological polar surface area (TPSA) is 64.6 Å². The van der Waals surface area contributed by atoms with Crippen molar-refractivity contribution in [1.29, 1.82) is 0 Å². The van der Waals surface area contributed by atoms with Crippen LogP contribution in [-0.2, 0) is 19.1 Å². The molecule has 0 aliphatic carbocycles. The molecule has 0 saturated carbocycles. The number of hydrogen-bond acceptors (Lipinski definition) is 4. The number of esters is 1. The molecule has 0 bridgehead atoms. The molecule has 0 radical (unpaired) electrons. The molecule has 0 aromatic carbocycles. The van der Waals surface area contributed by atoms with E-state index in [1.807, 2.05) is 0 Å². The first-order valence-corrected chi connectivity index (χ1v) is 6.26. The van der Waals surface area contributed by atoms with Crippen LogP contribution in [-0.4, -0.2) is 36.7 Å². The van der Waals surface area contributed by atoms with Gasteiger partial charge in [0.05, 0.1) is 6.10 Å². The van der Waals surface area contributed by atoms with Crippen molar-refractivity contribution in [3.05, 3.63) is 11.1 Å². The lowest BCUT2D eigenvalue weighted by molar-refractivity contribution is -0.145. The number of carbonyl (C=O) groups excluding carboxylic acids is 2. The summed E-state index contributed by atoms with van der Waals surface area (Å²) in [5.74, 6) is -0.902. The summed E-state index contributed by atoms with van der Waals surface area (Å²) in [5.41, 5.74) is 0.128. The van der Waals surface area contributed by atoms with Crippen LogP contribution in [0.25, 0.3) is 0 Å². The molecule has 5 heteroatoms. The second-order valence-electron chi connectivity index (χ2n) is 5.24. The summed E-state index contributed by atoms with van der Waals surface area (Å²) in [5, 5.41) is 2.74. The van der Waals surface area contributed by atoms with Crippen LogP contribution in [0.4, 0.5) is 0 Å². The molecule has 100 valence electrons. The molecule has 2 aliphatic rings. The standard InChI is InChI=1S/C13H19NO4/c1-8-10(12(16)18-13(8,2)3)11(15)14-7-9-5-4-6-17-9/h9H,4-7H2,1-3H3,(H,14,15). The van der Waals surface area contributed by atoms with Crippen molar-refractivity contribution >= 4 is 11.9 Å². The Morgan fingerprint density at radius 1 is 1.50 bits per heavy atom. The highest BCUT2D eigenvalue weighted by atomic mass is 16.6. The Hall–Kier alpha value is -1.36. The van der Waals surface area contributed by atoms with Crippen LogP contribution in [0, 0.1) is 0 Å². The first-order chi connectivity index (χ1) is 8.42. The fourth-order valence-corrected chi connectivity index (χ4v) is 2.18. The van der Waals surface area contributed by atoms with Gasteiger partial charge in [-0.15, -0.1) is 0 Å². The third kappa shape index (κ3) is 2.41. The zero-order valence-corrected chi connectivity index (χ0v) is 11.0. The normalized spacial score (nSPS) is 26.4. The summed E-state index contributed by atoms with van der Waals surface area (Å²) in [6.45, 7) is 6.51. The van der Waals surface area contributed by atoms with E-state index in [-0.39, 0.29) is 17.6 Å². The predicted molar refractivity (Wildman–Crippen MR) is 64.9 cm³/mol. The number of amides is 1. The summed E-state index contributed by atoms with van der Waals surface area (Å²) in [6.07, 6.45) is 2.05. The van der Waals surface area contributed by atoms with E-state index in [0.717, 1.165) is 19.4 Å². The van der Waals surface area contributed by atoms with Gasteiger partial charge in [0, 0.05) is 13.2 Å². The monoisotopic (exact) mass is 253 g/mol. The number of cyclic esters (lactones) is 1. The van der Waals surface area contributed by atoms with Gasteiger partial charge < -0.3 is 14.8 Å². The van der Waals surface area contributed by atoms with E-state index in [1.54, 1.807) is 20.8 Å². The van der Waals surface area contributed by atoms with Crippen molar-refractivity contribution in [3.63, 3.8) is 0 Å². The van der Waals surface area contributed by atoms with E-state index in [1.165, 1.54) is 0 Å². The summed E-state index contributed by atoms with van der Waals surface area (Å²) in [6, 6.07) is 0. The lowest BCUT2D eigenvalue weighted by Crippen LogP contribution is -2.34. The third-order valence-electron chi connectivity index (χ3n) is 3.57. The Bertz CT molecular complexity index is 405. The molecule has 1 amide bonds. The molecule has 1 fully saturated rings. The quantitative estimate of drug-likeness (QED) is 0.600. The number of hydrogen-bond donors (Lipinski definition) is 1. The second kappa shape index (κ2) is 4.72. The SMILES string of the molecule is CC1=C(C(=O)NCC2CCCO2)C(=O)OC1(C)C. The maximum atomic E-state index is 12.0. The van der Waals surface area contributed by atoms with Crippen LogP contribution >= 0.6 is 0 Å². The minimum Gasteiger partial charge on any atom is -0.451 e. The first kappa shape index (κ1) is 13.1. The number of nitrogens with one attached hydrogen (secondary N) is 1. The minimum absolute atomic E-state index is 0.0697. The molecular weight excluding hydrogens is 234 g/mol. The molecule has 1 atom stereocenters. The molecule has 18 heavy (non-hydrogen) atoms. The Kier molecular flexibility index (Phi) is 3.43. The van der Waals surface area contributed by atoms with Crippen LogP contribution in [0.1, 0.15) is 33.6 Å². The zero-order chi connectivity index (χ0) is 13.3. The van der Waals surface area contributed by atoms with Crippen molar-refractivity contribution in [1.82, 2.24) is 5.32 Å². The second-order valence-corrected chi connectivity index (χ2v) is 5.24. The molecule has 2 heterocycles. The first-order valence-electron chi connectivity index (χ1n) is 6.26. The summed E-state index contributed by atoms with van der Waals surface area (Å²) < 4.78 is 10.6. The maximum Gasteiger partial charge on any atom is 0.344 e. The van der Waals surface area contributed by atoms with Crippen molar-refractivity contribution in [2.45, 2.75) is 45.3 Å². The van der Waals surface area contributed by atoms with Gasteiger partial charge in [-0.3, -0.25) is 4.79 Å². The van der Waals surface area contributed by atoms with Gasteiger partial charge in [0.15, 0.2) is 0 Å². The maximum absolute atomic E-state index is 12.0. The Morgan fingerprint density at radius 3 is 2.72 bits per heavy atom. The molecule has 2 rings (SSSR count). The van der Waals surface area contributed by atoms with Crippen LogP contribution in [0.15, 0.2) is 11.1 Å². The molecule has 0 aromatic heterocycles. The van der Waals surface area contributed by atoms with Gasteiger partial charge in [-0.2, -0.15) is 0 Å². The molecule has 1 saturated heterocycles. The lowest BCUT2D eigenvalue weighted by atomic mass is 9.97. The number of rotatable bonds is 3. The van der Waals surface area contributed by atoms with E-state index in [2.05, 4.69) is 5.32 Å².